The number of rotatable bonds is 3. The minimum Gasteiger partial charge on any atom is -0.354 e. The first-order valence-electron chi connectivity index (χ1n) is 5.67. The number of likely N-dealkylation sites (tertiary alicyclic amines) is 1. The number of hydrogen-bond donors (Lipinski definition) is 1. The van der Waals surface area contributed by atoms with Crippen molar-refractivity contribution >= 4 is 11.8 Å². The van der Waals surface area contributed by atoms with E-state index in [0.29, 0.717) is 19.0 Å². The minimum atomic E-state index is -0.125. The fraction of sp³-hybridized carbons (Fsp3) is 0.818. The Morgan fingerprint density at radius 1 is 1.47 bits per heavy atom. The Morgan fingerprint density at radius 3 is 2.67 bits per heavy atom. The van der Waals surface area contributed by atoms with Crippen LogP contribution in [0.5, 0.6) is 0 Å². The molecule has 0 aromatic rings. The highest BCUT2D eigenvalue weighted by Gasteiger charge is 2.41. The van der Waals surface area contributed by atoms with Crippen molar-refractivity contribution < 1.29 is 9.59 Å². The zero-order valence-electron chi connectivity index (χ0n) is 9.32. The summed E-state index contributed by atoms with van der Waals surface area (Å²) in [6, 6.07) is 0.594. The lowest BCUT2D eigenvalue weighted by Gasteiger charge is -2.16. The van der Waals surface area contributed by atoms with Crippen LogP contribution in [0.2, 0.25) is 0 Å². The topological polar surface area (TPSA) is 49.4 Å². The smallest absolute Gasteiger partial charge is 0.225 e. The summed E-state index contributed by atoms with van der Waals surface area (Å²) in [5.41, 5.74) is 0. The van der Waals surface area contributed by atoms with Gasteiger partial charge in [-0.2, -0.15) is 0 Å². The molecule has 1 atom stereocenters. The fourth-order valence-corrected chi connectivity index (χ4v) is 2.05. The van der Waals surface area contributed by atoms with Crippen LogP contribution < -0.4 is 5.32 Å². The quantitative estimate of drug-likeness (QED) is 0.738. The van der Waals surface area contributed by atoms with Gasteiger partial charge in [-0.05, 0) is 26.7 Å². The summed E-state index contributed by atoms with van der Waals surface area (Å²) >= 11 is 0. The Bertz CT molecular complexity index is 284. The molecule has 0 bridgehead atoms. The van der Waals surface area contributed by atoms with Crippen molar-refractivity contribution in [2.45, 2.75) is 45.2 Å². The van der Waals surface area contributed by atoms with Crippen LogP contribution in [0, 0.1) is 5.92 Å². The molecule has 0 spiro atoms. The lowest BCUT2D eigenvalue weighted by Crippen LogP contribution is -2.37. The van der Waals surface area contributed by atoms with Crippen LogP contribution >= 0.6 is 0 Å². The van der Waals surface area contributed by atoms with E-state index in [1.165, 1.54) is 0 Å². The van der Waals surface area contributed by atoms with Crippen molar-refractivity contribution in [1.29, 1.82) is 0 Å². The SMILES string of the molecule is CC(C)NC(=O)C1CC(=O)N(C2CC2)C1. The van der Waals surface area contributed by atoms with Gasteiger partial charge in [-0.1, -0.05) is 0 Å². The lowest BCUT2D eigenvalue weighted by molar-refractivity contribution is -0.129. The molecule has 4 nitrogen and oxygen atoms in total. The molecule has 2 fully saturated rings. The summed E-state index contributed by atoms with van der Waals surface area (Å²) < 4.78 is 0. The van der Waals surface area contributed by atoms with Gasteiger partial charge >= 0.3 is 0 Å². The molecule has 1 saturated heterocycles. The largest absolute Gasteiger partial charge is 0.354 e. The van der Waals surface area contributed by atoms with Crippen LogP contribution in [-0.4, -0.2) is 35.3 Å². The van der Waals surface area contributed by atoms with Gasteiger partial charge in [-0.15, -0.1) is 0 Å². The van der Waals surface area contributed by atoms with Crippen LogP contribution in [0.4, 0.5) is 0 Å². The molecular weight excluding hydrogens is 192 g/mol. The van der Waals surface area contributed by atoms with E-state index in [0.717, 1.165) is 12.8 Å². The van der Waals surface area contributed by atoms with Crippen molar-refractivity contribution in [2.75, 3.05) is 6.54 Å². The predicted octanol–water partition coefficient (Wildman–Crippen LogP) is 0.522. The van der Waals surface area contributed by atoms with Crippen molar-refractivity contribution in [3.63, 3.8) is 0 Å². The zero-order chi connectivity index (χ0) is 11.0. The van der Waals surface area contributed by atoms with Gasteiger partial charge in [0.2, 0.25) is 11.8 Å². The summed E-state index contributed by atoms with van der Waals surface area (Å²) in [7, 11) is 0. The summed E-state index contributed by atoms with van der Waals surface area (Å²) in [6.45, 7) is 4.50. The second kappa shape index (κ2) is 3.83. The Kier molecular flexibility index (Phi) is 2.67. The highest BCUT2D eigenvalue weighted by molar-refractivity contribution is 5.89. The monoisotopic (exact) mass is 210 g/mol. The number of nitrogens with one attached hydrogen (secondary N) is 1. The molecule has 1 aliphatic heterocycles. The van der Waals surface area contributed by atoms with Crippen molar-refractivity contribution in [2.24, 2.45) is 5.92 Å². The fourth-order valence-electron chi connectivity index (χ4n) is 2.05. The molecule has 1 aliphatic carbocycles. The number of carbonyl (C=O) groups is 2. The molecule has 0 radical (unpaired) electrons. The molecule has 2 rings (SSSR count). The first-order chi connectivity index (χ1) is 7.08. The Hall–Kier alpha value is -1.06. The third-order valence-corrected chi connectivity index (χ3v) is 2.95. The van der Waals surface area contributed by atoms with Gasteiger partial charge < -0.3 is 10.2 Å². The molecule has 1 saturated carbocycles. The molecule has 1 heterocycles. The molecule has 1 N–H and O–H groups in total. The van der Waals surface area contributed by atoms with Gasteiger partial charge in [0.05, 0.1) is 5.92 Å². The van der Waals surface area contributed by atoms with Crippen LogP contribution in [-0.2, 0) is 9.59 Å². The van der Waals surface area contributed by atoms with Gasteiger partial charge in [0.15, 0.2) is 0 Å². The first-order valence-corrected chi connectivity index (χ1v) is 5.67. The summed E-state index contributed by atoms with van der Waals surface area (Å²) in [4.78, 5) is 25.2. The predicted molar refractivity (Wildman–Crippen MR) is 56.1 cm³/mol. The van der Waals surface area contributed by atoms with Gasteiger partial charge in [0.25, 0.3) is 0 Å². The molecule has 2 aliphatic rings. The normalized spacial score (nSPS) is 26.2. The molecule has 84 valence electrons. The van der Waals surface area contributed by atoms with Crippen LogP contribution in [0.3, 0.4) is 0 Å². The average molecular weight is 210 g/mol. The van der Waals surface area contributed by atoms with Gasteiger partial charge in [0.1, 0.15) is 0 Å². The second-order valence-corrected chi connectivity index (χ2v) is 4.84. The molecule has 0 aromatic heterocycles. The molecule has 4 heteroatoms. The average Bonchev–Trinajstić information content (AvgIpc) is 2.89. The Balaban J connectivity index is 1.90. The van der Waals surface area contributed by atoms with E-state index >= 15 is 0 Å². The summed E-state index contributed by atoms with van der Waals surface area (Å²) in [5.74, 6) is 0.0587. The van der Waals surface area contributed by atoms with Crippen molar-refractivity contribution in [1.82, 2.24) is 10.2 Å². The Morgan fingerprint density at radius 2 is 2.13 bits per heavy atom. The van der Waals surface area contributed by atoms with Gasteiger partial charge in [-0.25, -0.2) is 0 Å². The first kappa shape index (κ1) is 10.5. The van der Waals surface area contributed by atoms with Gasteiger partial charge in [-0.3, -0.25) is 9.59 Å². The number of carbonyl (C=O) groups excluding carboxylic acids is 2. The van der Waals surface area contributed by atoms with Crippen LogP contribution in [0.1, 0.15) is 33.1 Å². The van der Waals surface area contributed by atoms with E-state index < -0.39 is 0 Å². The molecule has 2 amide bonds. The third kappa shape index (κ3) is 2.30. The maximum Gasteiger partial charge on any atom is 0.225 e. The summed E-state index contributed by atoms with van der Waals surface area (Å²) in [6.07, 6.45) is 2.63. The van der Waals surface area contributed by atoms with E-state index in [1.54, 1.807) is 0 Å². The highest BCUT2D eigenvalue weighted by atomic mass is 16.2. The number of nitrogens with zero attached hydrogens (tertiary/aromatic N) is 1. The Labute approximate surface area is 90.0 Å². The minimum absolute atomic E-state index is 0.0292. The van der Waals surface area contributed by atoms with Crippen molar-refractivity contribution in [3.05, 3.63) is 0 Å². The maximum absolute atomic E-state index is 11.7. The lowest BCUT2D eigenvalue weighted by atomic mass is 10.1. The van der Waals surface area contributed by atoms with E-state index in [-0.39, 0.29) is 23.8 Å². The maximum atomic E-state index is 11.7. The van der Waals surface area contributed by atoms with E-state index in [2.05, 4.69) is 5.32 Å². The second-order valence-electron chi connectivity index (χ2n) is 4.84. The molecule has 0 aromatic carbocycles. The molecule has 15 heavy (non-hydrogen) atoms. The highest BCUT2D eigenvalue weighted by Crippen LogP contribution is 2.32. The van der Waals surface area contributed by atoms with Crippen molar-refractivity contribution in [3.8, 4) is 0 Å². The molecular formula is C11H18N2O2. The van der Waals surface area contributed by atoms with E-state index in [1.807, 2.05) is 18.7 Å². The number of hydrogen-bond acceptors (Lipinski definition) is 2. The van der Waals surface area contributed by atoms with Crippen LogP contribution in [0.15, 0.2) is 0 Å². The van der Waals surface area contributed by atoms with E-state index in [9.17, 15) is 9.59 Å². The zero-order valence-corrected chi connectivity index (χ0v) is 9.32. The number of amides is 2. The third-order valence-electron chi connectivity index (χ3n) is 2.95. The standard InChI is InChI=1S/C11H18N2O2/c1-7(2)12-11(15)8-5-10(14)13(6-8)9-3-4-9/h7-9H,3-6H2,1-2H3,(H,12,15). The van der Waals surface area contributed by atoms with Gasteiger partial charge in [0, 0.05) is 25.0 Å². The van der Waals surface area contributed by atoms with E-state index in [4.69, 9.17) is 0 Å². The van der Waals surface area contributed by atoms with Crippen LogP contribution in [0.25, 0.3) is 0 Å². The molecule has 1 unspecified atom stereocenters. The summed E-state index contributed by atoms with van der Waals surface area (Å²) in [5, 5.41) is 2.87.